The Labute approximate surface area is 184 Å². The molecule has 0 radical (unpaired) electrons. The summed E-state index contributed by atoms with van der Waals surface area (Å²) >= 11 is 0. The number of rotatable bonds is 8. The summed E-state index contributed by atoms with van der Waals surface area (Å²) in [4.78, 5) is 21.5. The van der Waals surface area contributed by atoms with Gasteiger partial charge < -0.3 is 0 Å². The summed E-state index contributed by atoms with van der Waals surface area (Å²) in [5.41, 5.74) is 4.73. The van der Waals surface area contributed by atoms with Crippen molar-refractivity contribution in [3.63, 3.8) is 0 Å². The molecule has 0 spiro atoms. The molecule has 2 aromatic rings. The standard InChI is InChI=1S/C22H26B2N4O3/c1-6-7-8-15(4)19-9-10-31-27(19)21-23-13-25-22(24-21)26-18-12-20(28(29)30)17(14(2)3)11-16(18)5/h6-8,11-14,19H,1,4,9-10H2,2-3,5H3,(H,25,26)/b8-7-. The Kier molecular flexibility index (Phi) is 7.17. The van der Waals surface area contributed by atoms with Gasteiger partial charge in [-0.05, 0) is 0 Å². The number of aromatic nitrogens is 1. The maximum atomic E-state index is 11.6. The first kappa shape index (κ1) is 22.6. The molecule has 1 atom stereocenters. The van der Waals surface area contributed by atoms with Crippen molar-refractivity contribution in [3.05, 3.63) is 76.4 Å². The van der Waals surface area contributed by atoms with Crippen molar-refractivity contribution in [2.24, 2.45) is 0 Å². The van der Waals surface area contributed by atoms with Gasteiger partial charge in [0, 0.05) is 0 Å². The van der Waals surface area contributed by atoms with Gasteiger partial charge in [-0.2, -0.15) is 0 Å². The number of allylic oxidation sites excluding steroid dienone is 2. The molecule has 7 nitrogen and oxygen atoms in total. The molecule has 158 valence electrons. The van der Waals surface area contributed by atoms with Gasteiger partial charge in [0.1, 0.15) is 0 Å². The van der Waals surface area contributed by atoms with E-state index in [1.165, 1.54) is 0 Å². The molecule has 2 heterocycles. The minimum atomic E-state index is -0.338. The Morgan fingerprint density at radius 2 is 2.26 bits per heavy atom. The Morgan fingerprint density at radius 3 is 2.94 bits per heavy atom. The molecule has 1 aliphatic heterocycles. The molecule has 1 aromatic carbocycles. The molecule has 0 amide bonds. The summed E-state index contributed by atoms with van der Waals surface area (Å²) < 4.78 is 0. The Bertz CT molecular complexity index is 1040. The zero-order valence-corrected chi connectivity index (χ0v) is 18.2. The van der Waals surface area contributed by atoms with E-state index in [0.29, 0.717) is 23.6 Å². The van der Waals surface area contributed by atoms with Gasteiger partial charge in [-0.3, -0.25) is 0 Å². The van der Waals surface area contributed by atoms with Gasteiger partial charge >= 0.3 is 184 Å². The zero-order valence-electron chi connectivity index (χ0n) is 18.2. The molecule has 1 unspecified atom stereocenters. The molecule has 31 heavy (non-hydrogen) atoms. The number of hydroxylamine groups is 1. The molecule has 1 aromatic heterocycles. The van der Waals surface area contributed by atoms with Gasteiger partial charge in [0.2, 0.25) is 0 Å². The van der Waals surface area contributed by atoms with Crippen molar-refractivity contribution in [3.8, 4) is 0 Å². The van der Waals surface area contributed by atoms with Gasteiger partial charge in [-0.15, -0.1) is 0 Å². The summed E-state index contributed by atoms with van der Waals surface area (Å²) in [7, 11) is 0. The monoisotopic (exact) mass is 416 g/mol. The Hall–Kier alpha value is -3.06. The molecule has 1 saturated heterocycles. The number of hydrogen-bond acceptors (Lipinski definition) is 6. The van der Waals surface area contributed by atoms with E-state index in [2.05, 4.69) is 23.5 Å². The van der Waals surface area contributed by atoms with Crippen LogP contribution in [-0.4, -0.2) is 36.4 Å². The van der Waals surface area contributed by atoms with E-state index in [1.54, 1.807) is 18.2 Å². The summed E-state index contributed by atoms with van der Waals surface area (Å²) in [5.74, 6) is 0.0575. The summed E-state index contributed by atoms with van der Waals surface area (Å²) in [5, 5.41) is 16.6. The normalized spacial score (nSPS) is 15.9. The zero-order chi connectivity index (χ0) is 22.5. The summed E-state index contributed by atoms with van der Waals surface area (Å²) in [6.07, 6.45) is 8.01. The molecule has 1 N–H and O–H groups in total. The first-order valence-corrected chi connectivity index (χ1v) is 10.2. The van der Waals surface area contributed by atoms with Crippen LogP contribution in [0.4, 0.5) is 22.6 Å². The Balaban J connectivity index is 1.88. The van der Waals surface area contributed by atoms with Crippen molar-refractivity contribution in [1.82, 2.24) is 4.98 Å². The van der Waals surface area contributed by atoms with E-state index in [0.717, 1.165) is 23.0 Å². The van der Waals surface area contributed by atoms with Gasteiger partial charge in [-0.25, -0.2) is 0 Å². The second-order valence-electron chi connectivity index (χ2n) is 7.80. The van der Waals surface area contributed by atoms with Crippen LogP contribution in [0.5, 0.6) is 0 Å². The van der Waals surface area contributed by atoms with Gasteiger partial charge in [0.25, 0.3) is 0 Å². The number of nitrogens with one attached hydrogen (secondary N) is 1. The number of nitrogens with zero attached hydrogens (tertiary/aromatic N) is 3. The van der Waals surface area contributed by atoms with Crippen LogP contribution in [0.1, 0.15) is 37.3 Å². The molecular weight excluding hydrogens is 390 g/mol. The number of nitro groups is 1. The first-order chi connectivity index (χ1) is 14.8. The first-order valence-electron chi connectivity index (χ1n) is 10.2. The van der Waals surface area contributed by atoms with Crippen LogP contribution < -0.4 is 10.4 Å². The van der Waals surface area contributed by atoms with Gasteiger partial charge in [0.15, 0.2) is 0 Å². The van der Waals surface area contributed by atoms with E-state index in [-0.39, 0.29) is 22.6 Å². The number of hydrogen-bond donors (Lipinski definition) is 1. The van der Waals surface area contributed by atoms with E-state index < -0.39 is 0 Å². The van der Waals surface area contributed by atoms with E-state index >= 15 is 0 Å². The quantitative estimate of drug-likeness (QED) is 0.384. The third-order valence-electron chi connectivity index (χ3n) is 5.23. The summed E-state index contributed by atoms with van der Waals surface area (Å²) in [6, 6.07) is 3.46. The topological polar surface area (TPSA) is 80.5 Å². The van der Waals surface area contributed by atoms with Crippen molar-refractivity contribution in [2.75, 3.05) is 17.0 Å². The average Bonchev–Trinajstić information content (AvgIpc) is 3.23. The molecule has 0 aliphatic carbocycles. The average molecular weight is 416 g/mol. The van der Waals surface area contributed by atoms with Crippen LogP contribution in [0.2, 0.25) is 0 Å². The number of aryl methyl sites for hydroxylation is 1. The van der Waals surface area contributed by atoms with Crippen molar-refractivity contribution in [1.29, 1.82) is 0 Å². The van der Waals surface area contributed by atoms with Crippen LogP contribution in [0.15, 0.2) is 55.2 Å². The predicted molar refractivity (Wildman–Crippen MR) is 127 cm³/mol. The molecule has 9 heteroatoms. The van der Waals surface area contributed by atoms with Crippen molar-refractivity contribution >= 4 is 36.4 Å². The van der Waals surface area contributed by atoms with Crippen LogP contribution >= 0.6 is 0 Å². The van der Waals surface area contributed by atoms with Crippen LogP contribution in [0.3, 0.4) is 0 Å². The SMILES string of the molecule is C=C/C=C\C(=C)C1CCON1c1bcnc(Nc2cc([N+](=O)[O-])c(C(C)C)cc2C)b1. The number of anilines is 3. The van der Waals surface area contributed by atoms with Crippen molar-refractivity contribution < 1.29 is 9.76 Å². The molecular formula is C22H26B2N4O3. The molecule has 1 aliphatic rings. The third kappa shape index (κ3) is 5.17. The second kappa shape index (κ2) is 9.83. The fraction of sp³-hybridized carbons (Fsp3) is 0.318. The molecule has 0 saturated carbocycles. The molecule has 3 rings (SSSR count). The minimum absolute atomic E-state index is 0.0135. The van der Waals surface area contributed by atoms with Crippen LogP contribution in [-0.2, 0) is 4.84 Å². The molecule has 0 bridgehead atoms. The number of benzene rings is 1. The fourth-order valence-corrected chi connectivity index (χ4v) is 3.60. The van der Waals surface area contributed by atoms with E-state index in [9.17, 15) is 10.1 Å². The fourth-order valence-electron chi connectivity index (χ4n) is 3.60. The molecule has 1 fully saturated rings. The van der Waals surface area contributed by atoms with Crippen molar-refractivity contribution in [2.45, 2.75) is 39.2 Å². The van der Waals surface area contributed by atoms with Gasteiger partial charge in [0.05, 0.1) is 0 Å². The Morgan fingerprint density at radius 1 is 1.48 bits per heavy atom. The second-order valence-corrected chi connectivity index (χ2v) is 7.80. The van der Waals surface area contributed by atoms with E-state index in [4.69, 9.17) is 4.84 Å². The van der Waals surface area contributed by atoms with Crippen LogP contribution in [0.25, 0.3) is 0 Å². The van der Waals surface area contributed by atoms with Gasteiger partial charge in [-0.1, -0.05) is 0 Å². The maximum absolute atomic E-state index is 11.6. The number of nitro benzene ring substituents is 1. The predicted octanol–water partition coefficient (Wildman–Crippen LogP) is 4.65. The van der Waals surface area contributed by atoms with E-state index in [1.807, 2.05) is 57.9 Å². The summed E-state index contributed by atoms with van der Waals surface area (Å²) in [6.45, 7) is 18.0. The van der Waals surface area contributed by atoms with Crippen LogP contribution in [0, 0.1) is 17.0 Å². The third-order valence-corrected chi connectivity index (χ3v) is 5.23.